The molecule has 2 aromatic carbocycles. The Morgan fingerprint density at radius 1 is 1.00 bits per heavy atom. The summed E-state index contributed by atoms with van der Waals surface area (Å²) in [5, 5.41) is 0. The van der Waals surface area contributed by atoms with Gasteiger partial charge in [0.1, 0.15) is 5.75 Å². The van der Waals surface area contributed by atoms with Gasteiger partial charge in [-0.15, -0.1) is 13.2 Å². The van der Waals surface area contributed by atoms with Crippen molar-refractivity contribution in [2.75, 3.05) is 13.1 Å². The fourth-order valence-corrected chi connectivity index (χ4v) is 5.88. The molecule has 1 N–H and O–H groups in total. The van der Waals surface area contributed by atoms with E-state index < -0.39 is 22.1 Å². The molecule has 1 aliphatic heterocycles. The van der Waals surface area contributed by atoms with Crippen molar-refractivity contribution in [1.29, 1.82) is 0 Å². The van der Waals surface area contributed by atoms with Gasteiger partial charge in [-0.05, 0) is 54.5 Å². The molecule has 2 fully saturated rings. The van der Waals surface area contributed by atoms with Gasteiger partial charge < -0.3 is 4.74 Å². The standard InChI is InChI=1S/C21H23F3N2O3S/c22-21(23,24)29-17-7-9-18(10-8-17)30(27,28)25-20-11-6-16-13-26(14-19(16)20)12-15-4-2-1-3-5-15/h1-5,7-10,16,19-20,25H,6,11-14H2/t16?,19-,20?/m0/s1. The highest BCUT2D eigenvalue weighted by Gasteiger charge is 2.44. The summed E-state index contributed by atoms with van der Waals surface area (Å²) in [6.45, 7) is 2.61. The molecule has 0 spiro atoms. The Labute approximate surface area is 173 Å². The molecule has 0 amide bonds. The predicted molar refractivity (Wildman–Crippen MR) is 105 cm³/mol. The number of fused-ring (bicyclic) bond motifs is 1. The molecular formula is C21H23F3N2O3S. The fourth-order valence-electron chi connectivity index (χ4n) is 4.56. The van der Waals surface area contributed by atoms with Crippen molar-refractivity contribution in [3.8, 4) is 5.75 Å². The first kappa shape index (κ1) is 21.1. The Bertz CT molecular complexity index is 965. The van der Waals surface area contributed by atoms with E-state index in [2.05, 4.69) is 26.5 Å². The van der Waals surface area contributed by atoms with Gasteiger partial charge in [-0.25, -0.2) is 13.1 Å². The lowest BCUT2D eigenvalue weighted by Crippen LogP contribution is -2.39. The highest BCUT2D eigenvalue weighted by molar-refractivity contribution is 7.89. The van der Waals surface area contributed by atoms with Crippen LogP contribution in [0.3, 0.4) is 0 Å². The smallest absolute Gasteiger partial charge is 0.406 e. The summed E-state index contributed by atoms with van der Waals surface area (Å²) in [7, 11) is -3.82. The Morgan fingerprint density at radius 3 is 2.37 bits per heavy atom. The third kappa shape index (κ3) is 4.96. The molecule has 5 nitrogen and oxygen atoms in total. The molecule has 4 rings (SSSR count). The van der Waals surface area contributed by atoms with Crippen molar-refractivity contribution in [3.05, 3.63) is 60.2 Å². The van der Waals surface area contributed by atoms with E-state index in [-0.39, 0.29) is 16.9 Å². The Hall–Kier alpha value is -2.10. The summed E-state index contributed by atoms with van der Waals surface area (Å²) in [5.74, 6) is 0.232. The Balaban J connectivity index is 1.39. The van der Waals surface area contributed by atoms with Gasteiger partial charge in [-0.1, -0.05) is 30.3 Å². The molecule has 2 aromatic rings. The Morgan fingerprint density at radius 2 is 1.70 bits per heavy atom. The van der Waals surface area contributed by atoms with Crippen LogP contribution in [0.15, 0.2) is 59.5 Å². The highest BCUT2D eigenvalue weighted by atomic mass is 32.2. The zero-order valence-corrected chi connectivity index (χ0v) is 17.0. The van der Waals surface area contributed by atoms with E-state index in [0.29, 0.717) is 5.92 Å². The topological polar surface area (TPSA) is 58.6 Å². The van der Waals surface area contributed by atoms with Gasteiger partial charge in [0.2, 0.25) is 10.0 Å². The maximum absolute atomic E-state index is 12.8. The van der Waals surface area contributed by atoms with E-state index in [0.717, 1.165) is 56.7 Å². The van der Waals surface area contributed by atoms with Crippen molar-refractivity contribution in [1.82, 2.24) is 9.62 Å². The minimum absolute atomic E-state index is 0.0698. The number of likely N-dealkylation sites (tertiary alicyclic amines) is 1. The summed E-state index contributed by atoms with van der Waals surface area (Å²) in [5.41, 5.74) is 1.23. The summed E-state index contributed by atoms with van der Waals surface area (Å²) >= 11 is 0. The van der Waals surface area contributed by atoms with Crippen LogP contribution in [0, 0.1) is 11.8 Å². The van der Waals surface area contributed by atoms with Crippen molar-refractivity contribution in [2.45, 2.75) is 36.7 Å². The van der Waals surface area contributed by atoms with Crippen LogP contribution in [-0.2, 0) is 16.6 Å². The molecule has 30 heavy (non-hydrogen) atoms. The van der Waals surface area contributed by atoms with E-state index in [1.807, 2.05) is 18.2 Å². The minimum Gasteiger partial charge on any atom is -0.406 e. The first-order valence-electron chi connectivity index (χ1n) is 9.84. The number of nitrogens with one attached hydrogen (secondary N) is 1. The lowest BCUT2D eigenvalue weighted by molar-refractivity contribution is -0.274. The number of halogens is 3. The van der Waals surface area contributed by atoms with Crippen molar-refractivity contribution < 1.29 is 26.3 Å². The molecule has 1 heterocycles. The fraction of sp³-hybridized carbons (Fsp3) is 0.429. The molecule has 2 aliphatic rings. The molecule has 3 atom stereocenters. The molecule has 9 heteroatoms. The molecule has 1 saturated heterocycles. The number of nitrogens with zero attached hydrogens (tertiary/aromatic N) is 1. The zero-order chi connectivity index (χ0) is 21.4. The number of benzene rings is 2. The monoisotopic (exact) mass is 440 g/mol. The van der Waals surface area contributed by atoms with E-state index in [1.165, 1.54) is 5.56 Å². The summed E-state index contributed by atoms with van der Waals surface area (Å²) in [4.78, 5) is 2.29. The average molecular weight is 440 g/mol. The number of alkyl halides is 3. The molecule has 0 radical (unpaired) electrons. The first-order chi connectivity index (χ1) is 14.2. The normalized spacial score (nSPS) is 24.7. The Kier molecular flexibility index (Phi) is 5.78. The lowest BCUT2D eigenvalue weighted by atomic mass is 9.98. The first-order valence-corrected chi connectivity index (χ1v) is 11.3. The molecule has 162 valence electrons. The van der Waals surface area contributed by atoms with Crippen LogP contribution in [-0.4, -0.2) is 38.8 Å². The van der Waals surface area contributed by atoms with Crippen molar-refractivity contribution in [3.63, 3.8) is 0 Å². The average Bonchev–Trinajstić information content (AvgIpc) is 3.23. The van der Waals surface area contributed by atoms with Crippen LogP contribution >= 0.6 is 0 Å². The lowest BCUT2D eigenvalue weighted by Gasteiger charge is -2.22. The van der Waals surface area contributed by atoms with Gasteiger partial charge >= 0.3 is 6.36 Å². The second-order valence-corrected chi connectivity index (χ2v) is 9.64. The van der Waals surface area contributed by atoms with Crippen LogP contribution in [0.2, 0.25) is 0 Å². The number of rotatable bonds is 6. The van der Waals surface area contributed by atoms with E-state index in [9.17, 15) is 21.6 Å². The number of hydrogen-bond donors (Lipinski definition) is 1. The van der Waals surface area contributed by atoms with Crippen molar-refractivity contribution in [2.24, 2.45) is 11.8 Å². The van der Waals surface area contributed by atoms with E-state index in [1.54, 1.807) is 0 Å². The third-order valence-corrected chi connectivity index (χ3v) is 7.36. The highest BCUT2D eigenvalue weighted by Crippen LogP contribution is 2.39. The quantitative estimate of drug-likeness (QED) is 0.743. The van der Waals surface area contributed by atoms with Gasteiger partial charge in [-0.2, -0.15) is 0 Å². The molecule has 0 aromatic heterocycles. The molecule has 1 saturated carbocycles. The summed E-state index contributed by atoms with van der Waals surface area (Å²) in [6, 6.07) is 14.3. The number of hydrogen-bond acceptors (Lipinski definition) is 4. The maximum atomic E-state index is 12.8. The van der Waals surface area contributed by atoms with Crippen LogP contribution in [0.1, 0.15) is 18.4 Å². The summed E-state index contributed by atoms with van der Waals surface area (Å²) in [6.07, 6.45) is -3.09. The predicted octanol–water partition coefficient (Wildman–Crippen LogP) is 3.77. The van der Waals surface area contributed by atoms with Crippen LogP contribution < -0.4 is 9.46 Å². The van der Waals surface area contributed by atoms with Gasteiger partial charge in [0.15, 0.2) is 0 Å². The van der Waals surface area contributed by atoms with Crippen LogP contribution in [0.25, 0.3) is 0 Å². The van der Waals surface area contributed by atoms with Gasteiger partial charge in [0.25, 0.3) is 0 Å². The maximum Gasteiger partial charge on any atom is 0.573 e. The third-order valence-electron chi connectivity index (χ3n) is 5.86. The number of sulfonamides is 1. The second-order valence-electron chi connectivity index (χ2n) is 7.93. The largest absolute Gasteiger partial charge is 0.573 e. The van der Waals surface area contributed by atoms with Gasteiger partial charge in [-0.3, -0.25) is 4.90 Å². The zero-order valence-electron chi connectivity index (χ0n) is 16.2. The minimum atomic E-state index is -4.81. The molecular weight excluding hydrogens is 417 g/mol. The van der Waals surface area contributed by atoms with E-state index >= 15 is 0 Å². The van der Waals surface area contributed by atoms with E-state index in [4.69, 9.17) is 0 Å². The van der Waals surface area contributed by atoms with Gasteiger partial charge in [0, 0.05) is 25.7 Å². The molecule has 1 aliphatic carbocycles. The second kappa shape index (κ2) is 8.20. The number of ether oxygens (including phenoxy) is 1. The molecule has 2 unspecified atom stereocenters. The van der Waals surface area contributed by atoms with Gasteiger partial charge in [0.05, 0.1) is 4.90 Å². The van der Waals surface area contributed by atoms with Crippen LogP contribution in [0.4, 0.5) is 13.2 Å². The summed E-state index contributed by atoms with van der Waals surface area (Å²) < 4.78 is 68.9. The van der Waals surface area contributed by atoms with Crippen LogP contribution in [0.5, 0.6) is 5.75 Å². The van der Waals surface area contributed by atoms with Crippen molar-refractivity contribution >= 4 is 10.0 Å². The molecule has 0 bridgehead atoms. The SMILES string of the molecule is O=S(=O)(NC1CCC2CN(Cc3ccccc3)C[C@@H]21)c1ccc(OC(F)(F)F)cc1.